The molecule has 0 unspecified atom stereocenters. The first-order valence-corrected chi connectivity index (χ1v) is 9.78. The Morgan fingerprint density at radius 3 is 2.76 bits per heavy atom. The van der Waals surface area contributed by atoms with Crippen LogP contribution >= 0.6 is 0 Å². The Balaban J connectivity index is 1.56. The van der Waals surface area contributed by atoms with Crippen LogP contribution in [0.1, 0.15) is 19.3 Å². The maximum atomic E-state index is 12.9. The number of fused-ring (bicyclic) bond motifs is 1. The van der Waals surface area contributed by atoms with Crippen LogP contribution in [0.5, 0.6) is 0 Å². The van der Waals surface area contributed by atoms with Crippen LogP contribution in [0.4, 0.5) is 0 Å². The lowest BCUT2D eigenvalue weighted by atomic mass is 9.77. The SMILES string of the molecule is O=c1[nH]c2ccc(S(=O)(=O)N3CCC4(CC=CCOC4)CC3)cc2o1. The number of nitrogens with one attached hydrogen (secondary N) is 1. The lowest BCUT2D eigenvalue weighted by Gasteiger charge is -2.40. The largest absolute Gasteiger partial charge is 0.417 e. The van der Waals surface area contributed by atoms with Gasteiger partial charge in [-0.2, -0.15) is 4.31 Å². The Morgan fingerprint density at radius 1 is 1.16 bits per heavy atom. The number of ether oxygens (including phenoxy) is 1. The molecule has 2 aromatic rings. The van der Waals surface area contributed by atoms with Crippen LogP contribution in [-0.4, -0.2) is 44.0 Å². The summed E-state index contributed by atoms with van der Waals surface area (Å²) in [7, 11) is -3.61. The number of benzene rings is 1. The van der Waals surface area contributed by atoms with Gasteiger partial charge in [0.05, 0.1) is 23.6 Å². The molecule has 8 heteroatoms. The molecule has 1 aromatic carbocycles. The van der Waals surface area contributed by atoms with Gasteiger partial charge in [0.25, 0.3) is 0 Å². The van der Waals surface area contributed by atoms with Gasteiger partial charge in [-0.05, 0) is 36.8 Å². The van der Waals surface area contributed by atoms with Crippen molar-refractivity contribution in [3.8, 4) is 0 Å². The number of H-pyrrole nitrogens is 1. The van der Waals surface area contributed by atoms with Crippen molar-refractivity contribution in [3.63, 3.8) is 0 Å². The van der Waals surface area contributed by atoms with E-state index in [0.29, 0.717) is 31.8 Å². The lowest BCUT2D eigenvalue weighted by Crippen LogP contribution is -2.44. The van der Waals surface area contributed by atoms with Gasteiger partial charge >= 0.3 is 5.76 Å². The van der Waals surface area contributed by atoms with Gasteiger partial charge in [0, 0.05) is 19.2 Å². The van der Waals surface area contributed by atoms with Crippen molar-refractivity contribution in [2.75, 3.05) is 26.3 Å². The smallest absolute Gasteiger partial charge is 0.408 e. The van der Waals surface area contributed by atoms with Crippen molar-refractivity contribution in [3.05, 3.63) is 40.9 Å². The molecule has 0 bridgehead atoms. The summed E-state index contributed by atoms with van der Waals surface area (Å²) in [5, 5.41) is 0. The van der Waals surface area contributed by atoms with E-state index >= 15 is 0 Å². The van der Waals surface area contributed by atoms with Crippen molar-refractivity contribution in [1.82, 2.24) is 9.29 Å². The van der Waals surface area contributed by atoms with Crippen LogP contribution in [0.2, 0.25) is 0 Å². The quantitative estimate of drug-likeness (QED) is 0.821. The van der Waals surface area contributed by atoms with Crippen LogP contribution in [-0.2, 0) is 14.8 Å². The zero-order valence-corrected chi connectivity index (χ0v) is 14.5. The average molecular weight is 364 g/mol. The molecule has 1 N–H and O–H groups in total. The number of piperidine rings is 1. The molecule has 134 valence electrons. The Hall–Kier alpha value is -1.90. The standard InChI is InChI=1S/C17H20N2O5S/c20-16-18-14-4-3-13(11-15(14)24-16)25(21,22)19-8-6-17(7-9-19)5-1-2-10-23-12-17/h1-4,11H,5-10,12H2,(H,18,20). The topological polar surface area (TPSA) is 92.6 Å². The van der Waals surface area contributed by atoms with Crippen molar-refractivity contribution in [2.45, 2.75) is 24.2 Å². The van der Waals surface area contributed by atoms with Gasteiger partial charge in [-0.25, -0.2) is 13.2 Å². The molecule has 4 rings (SSSR count). The maximum absolute atomic E-state index is 12.9. The normalized spacial score (nSPS) is 21.6. The highest BCUT2D eigenvalue weighted by atomic mass is 32.2. The van der Waals surface area contributed by atoms with Crippen LogP contribution in [0.3, 0.4) is 0 Å². The summed E-state index contributed by atoms with van der Waals surface area (Å²) in [6.07, 6.45) is 6.65. The monoisotopic (exact) mass is 364 g/mol. The summed E-state index contributed by atoms with van der Waals surface area (Å²) in [6, 6.07) is 4.47. The van der Waals surface area contributed by atoms with E-state index < -0.39 is 15.8 Å². The van der Waals surface area contributed by atoms with E-state index in [1.54, 1.807) is 6.07 Å². The number of allylic oxidation sites excluding steroid dienone is 1. The summed E-state index contributed by atoms with van der Waals surface area (Å²) < 4.78 is 38.0. The second kappa shape index (κ2) is 6.12. The summed E-state index contributed by atoms with van der Waals surface area (Å²) in [6.45, 7) is 2.24. The molecule has 0 amide bonds. The summed E-state index contributed by atoms with van der Waals surface area (Å²) in [5.41, 5.74) is 0.780. The maximum Gasteiger partial charge on any atom is 0.417 e. The number of oxazole rings is 1. The van der Waals surface area contributed by atoms with E-state index in [1.165, 1.54) is 16.4 Å². The molecule has 0 radical (unpaired) electrons. The van der Waals surface area contributed by atoms with Gasteiger partial charge in [-0.15, -0.1) is 0 Å². The van der Waals surface area contributed by atoms with Gasteiger partial charge in [0.1, 0.15) is 0 Å². The molecule has 1 fully saturated rings. The number of aromatic amines is 1. The Kier molecular flexibility index (Phi) is 4.05. The van der Waals surface area contributed by atoms with Crippen LogP contribution in [0.15, 0.2) is 44.5 Å². The second-order valence-corrected chi connectivity index (χ2v) is 8.71. The number of nitrogens with zero attached hydrogens (tertiary/aromatic N) is 1. The van der Waals surface area contributed by atoms with Crippen molar-refractivity contribution >= 4 is 21.1 Å². The van der Waals surface area contributed by atoms with E-state index in [-0.39, 0.29) is 15.9 Å². The van der Waals surface area contributed by atoms with Gasteiger partial charge in [-0.1, -0.05) is 12.2 Å². The fourth-order valence-corrected chi connectivity index (χ4v) is 5.05. The molecule has 0 aliphatic carbocycles. The fourth-order valence-electron chi connectivity index (χ4n) is 3.59. The predicted octanol–water partition coefficient (Wildman–Crippen LogP) is 1.87. The predicted molar refractivity (Wildman–Crippen MR) is 91.8 cm³/mol. The van der Waals surface area contributed by atoms with E-state index in [4.69, 9.17) is 9.15 Å². The Labute approximate surface area is 145 Å². The van der Waals surface area contributed by atoms with Gasteiger partial charge in [0.2, 0.25) is 10.0 Å². The minimum atomic E-state index is -3.61. The third-order valence-corrected chi connectivity index (χ3v) is 7.05. The minimum Gasteiger partial charge on any atom is -0.408 e. The number of hydrogen-bond acceptors (Lipinski definition) is 5. The molecule has 1 saturated heterocycles. The molecule has 3 heterocycles. The highest BCUT2D eigenvalue weighted by molar-refractivity contribution is 7.89. The van der Waals surface area contributed by atoms with E-state index in [2.05, 4.69) is 11.1 Å². The molecular formula is C17H20N2O5S. The number of sulfonamides is 1. The van der Waals surface area contributed by atoms with Crippen molar-refractivity contribution in [2.24, 2.45) is 5.41 Å². The zero-order valence-electron chi connectivity index (χ0n) is 13.7. The van der Waals surface area contributed by atoms with Crippen LogP contribution in [0.25, 0.3) is 11.1 Å². The molecule has 2 aliphatic heterocycles. The first-order chi connectivity index (χ1) is 12.0. The van der Waals surface area contributed by atoms with E-state index in [0.717, 1.165) is 19.3 Å². The van der Waals surface area contributed by atoms with E-state index in [1.807, 2.05) is 6.08 Å². The highest BCUT2D eigenvalue weighted by Crippen LogP contribution is 2.38. The molecule has 0 saturated carbocycles. The highest BCUT2D eigenvalue weighted by Gasteiger charge is 2.38. The molecular weight excluding hydrogens is 344 g/mol. The Morgan fingerprint density at radius 2 is 1.96 bits per heavy atom. The third-order valence-electron chi connectivity index (χ3n) is 5.15. The molecule has 0 atom stereocenters. The van der Waals surface area contributed by atoms with Crippen molar-refractivity contribution in [1.29, 1.82) is 0 Å². The number of aromatic nitrogens is 1. The van der Waals surface area contributed by atoms with Crippen molar-refractivity contribution < 1.29 is 17.6 Å². The molecule has 1 spiro atoms. The Bertz CT molecular complexity index is 964. The van der Waals surface area contributed by atoms with Gasteiger partial charge in [0.15, 0.2) is 5.58 Å². The fraction of sp³-hybridized carbons (Fsp3) is 0.471. The molecule has 25 heavy (non-hydrogen) atoms. The van der Waals surface area contributed by atoms with Gasteiger partial charge < -0.3 is 9.15 Å². The first kappa shape index (κ1) is 16.6. The van der Waals surface area contributed by atoms with E-state index in [9.17, 15) is 13.2 Å². The molecule has 1 aromatic heterocycles. The summed E-state index contributed by atoms with van der Waals surface area (Å²) in [5.74, 6) is -0.592. The van der Waals surface area contributed by atoms with Gasteiger partial charge in [-0.3, -0.25) is 4.98 Å². The summed E-state index contributed by atoms with van der Waals surface area (Å²) >= 11 is 0. The zero-order chi connectivity index (χ0) is 17.5. The average Bonchev–Trinajstić information content (AvgIpc) is 2.83. The first-order valence-electron chi connectivity index (χ1n) is 8.34. The minimum absolute atomic E-state index is 0.0381. The summed E-state index contributed by atoms with van der Waals surface area (Å²) in [4.78, 5) is 13.9. The third kappa shape index (κ3) is 3.05. The van der Waals surface area contributed by atoms with Crippen LogP contribution < -0.4 is 5.76 Å². The lowest BCUT2D eigenvalue weighted by molar-refractivity contribution is 0.0323. The molecule has 7 nitrogen and oxygen atoms in total. The number of hydrogen-bond donors (Lipinski definition) is 1. The number of rotatable bonds is 2. The second-order valence-electron chi connectivity index (χ2n) is 6.77. The van der Waals surface area contributed by atoms with Crippen LogP contribution in [0, 0.1) is 5.41 Å². The molecule has 2 aliphatic rings.